The third-order valence-corrected chi connectivity index (χ3v) is 3.77. The fourth-order valence-electron chi connectivity index (χ4n) is 2.50. The summed E-state index contributed by atoms with van der Waals surface area (Å²) in [6.45, 7) is 8.96. The number of hydrogen-bond acceptors (Lipinski definition) is 2. The zero-order valence-electron chi connectivity index (χ0n) is 10.8. The molecule has 3 atom stereocenters. The van der Waals surface area contributed by atoms with Crippen molar-refractivity contribution in [1.82, 2.24) is 5.32 Å². The van der Waals surface area contributed by atoms with Gasteiger partial charge in [-0.3, -0.25) is 0 Å². The van der Waals surface area contributed by atoms with Gasteiger partial charge in [-0.05, 0) is 43.6 Å². The number of ether oxygens (including phenoxy) is 1. The Balaban J connectivity index is 2.18. The fourth-order valence-corrected chi connectivity index (χ4v) is 2.50. The molecule has 0 aromatic carbocycles. The zero-order valence-corrected chi connectivity index (χ0v) is 10.8. The van der Waals surface area contributed by atoms with Crippen LogP contribution in [-0.4, -0.2) is 26.3 Å². The zero-order chi connectivity index (χ0) is 11.3. The second-order valence-corrected chi connectivity index (χ2v) is 5.32. The average molecular weight is 213 g/mol. The van der Waals surface area contributed by atoms with E-state index < -0.39 is 0 Å². The largest absolute Gasteiger partial charge is 0.385 e. The second-order valence-electron chi connectivity index (χ2n) is 5.32. The molecule has 3 unspecified atom stereocenters. The molecule has 0 aromatic rings. The van der Waals surface area contributed by atoms with Crippen LogP contribution in [-0.2, 0) is 4.74 Å². The van der Waals surface area contributed by atoms with Crippen LogP contribution >= 0.6 is 0 Å². The first-order valence-electron chi connectivity index (χ1n) is 6.37. The average Bonchev–Trinajstić information content (AvgIpc) is 2.12. The summed E-state index contributed by atoms with van der Waals surface area (Å²) in [6, 6.07) is 0.625. The lowest BCUT2D eigenvalue weighted by Crippen LogP contribution is -2.40. The first kappa shape index (κ1) is 13.0. The molecule has 0 radical (unpaired) electrons. The Morgan fingerprint density at radius 1 is 1.27 bits per heavy atom. The molecule has 15 heavy (non-hydrogen) atoms. The molecule has 1 saturated carbocycles. The second kappa shape index (κ2) is 6.49. The molecule has 0 heterocycles. The van der Waals surface area contributed by atoms with Crippen molar-refractivity contribution in [1.29, 1.82) is 0 Å². The molecular weight excluding hydrogens is 186 g/mol. The number of methoxy groups -OCH3 is 1. The van der Waals surface area contributed by atoms with Crippen molar-refractivity contribution in [2.45, 2.75) is 46.1 Å². The maximum Gasteiger partial charge on any atom is 0.0464 e. The van der Waals surface area contributed by atoms with E-state index in [-0.39, 0.29) is 0 Å². The molecule has 0 saturated heterocycles. The Bertz CT molecular complexity index is 170. The van der Waals surface area contributed by atoms with Crippen LogP contribution in [0.5, 0.6) is 0 Å². The van der Waals surface area contributed by atoms with Crippen molar-refractivity contribution in [3.63, 3.8) is 0 Å². The molecule has 0 aliphatic heterocycles. The molecule has 0 bridgehead atoms. The first-order valence-corrected chi connectivity index (χ1v) is 6.37. The molecule has 1 aliphatic carbocycles. The highest BCUT2D eigenvalue weighted by molar-refractivity contribution is 4.85. The molecule has 2 heteroatoms. The Kier molecular flexibility index (Phi) is 5.62. The van der Waals surface area contributed by atoms with E-state index in [1.165, 1.54) is 25.8 Å². The van der Waals surface area contributed by atoms with Gasteiger partial charge in [-0.15, -0.1) is 0 Å². The van der Waals surface area contributed by atoms with Crippen molar-refractivity contribution in [2.24, 2.45) is 17.8 Å². The van der Waals surface area contributed by atoms with Gasteiger partial charge >= 0.3 is 0 Å². The van der Waals surface area contributed by atoms with Gasteiger partial charge in [0.1, 0.15) is 0 Å². The highest BCUT2D eigenvalue weighted by Crippen LogP contribution is 2.40. The van der Waals surface area contributed by atoms with Gasteiger partial charge in [-0.25, -0.2) is 0 Å². The van der Waals surface area contributed by atoms with E-state index in [0.29, 0.717) is 6.04 Å². The van der Waals surface area contributed by atoms with E-state index in [2.05, 4.69) is 26.1 Å². The minimum Gasteiger partial charge on any atom is -0.385 e. The van der Waals surface area contributed by atoms with E-state index in [9.17, 15) is 0 Å². The van der Waals surface area contributed by atoms with Crippen LogP contribution in [0.3, 0.4) is 0 Å². The van der Waals surface area contributed by atoms with Gasteiger partial charge in [0.25, 0.3) is 0 Å². The number of hydrogen-bond donors (Lipinski definition) is 1. The SMILES string of the molecule is COCCC(C)C1CCC1CNC(C)C. The summed E-state index contributed by atoms with van der Waals surface area (Å²) < 4.78 is 5.15. The minimum absolute atomic E-state index is 0.625. The Hall–Kier alpha value is -0.0800. The van der Waals surface area contributed by atoms with Crippen molar-refractivity contribution in [3.05, 3.63) is 0 Å². The van der Waals surface area contributed by atoms with Crippen molar-refractivity contribution in [2.75, 3.05) is 20.3 Å². The van der Waals surface area contributed by atoms with Gasteiger partial charge in [0, 0.05) is 19.8 Å². The highest BCUT2D eigenvalue weighted by Gasteiger charge is 2.34. The summed E-state index contributed by atoms with van der Waals surface area (Å²) >= 11 is 0. The van der Waals surface area contributed by atoms with Crippen molar-refractivity contribution < 1.29 is 4.74 Å². The molecular formula is C13H27NO. The summed E-state index contributed by atoms with van der Waals surface area (Å²) in [6.07, 6.45) is 4.07. The molecule has 0 amide bonds. The van der Waals surface area contributed by atoms with Gasteiger partial charge in [-0.2, -0.15) is 0 Å². The normalized spacial score (nSPS) is 27.8. The third-order valence-electron chi connectivity index (χ3n) is 3.77. The van der Waals surface area contributed by atoms with Crippen LogP contribution in [0.4, 0.5) is 0 Å². The topological polar surface area (TPSA) is 21.3 Å². The summed E-state index contributed by atoms with van der Waals surface area (Å²) in [5.41, 5.74) is 0. The molecule has 1 N–H and O–H groups in total. The predicted octanol–water partition coefficient (Wildman–Crippen LogP) is 2.68. The van der Waals surface area contributed by atoms with E-state index in [0.717, 1.165) is 24.4 Å². The molecule has 0 aromatic heterocycles. The van der Waals surface area contributed by atoms with Crippen molar-refractivity contribution >= 4 is 0 Å². The van der Waals surface area contributed by atoms with Crippen LogP contribution in [0.2, 0.25) is 0 Å². The van der Waals surface area contributed by atoms with Crippen LogP contribution in [0.1, 0.15) is 40.0 Å². The van der Waals surface area contributed by atoms with Gasteiger partial charge in [0.15, 0.2) is 0 Å². The molecule has 1 aliphatic rings. The van der Waals surface area contributed by atoms with E-state index in [4.69, 9.17) is 4.74 Å². The van der Waals surface area contributed by atoms with Gasteiger partial charge < -0.3 is 10.1 Å². The van der Waals surface area contributed by atoms with Gasteiger partial charge in [-0.1, -0.05) is 20.8 Å². The Labute approximate surface area is 94.8 Å². The van der Waals surface area contributed by atoms with Crippen LogP contribution in [0, 0.1) is 17.8 Å². The lowest BCUT2D eigenvalue weighted by Gasteiger charge is -2.41. The monoisotopic (exact) mass is 213 g/mol. The molecule has 2 nitrogen and oxygen atoms in total. The summed E-state index contributed by atoms with van der Waals surface area (Å²) in [5, 5.41) is 3.56. The molecule has 1 fully saturated rings. The quantitative estimate of drug-likeness (QED) is 0.702. The third kappa shape index (κ3) is 4.12. The summed E-state index contributed by atoms with van der Waals surface area (Å²) in [5.74, 6) is 2.68. The molecule has 0 spiro atoms. The number of nitrogens with one attached hydrogen (secondary N) is 1. The lowest BCUT2D eigenvalue weighted by atomic mass is 9.66. The Morgan fingerprint density at radius 2 is 2.00 bits per heavy atom. The Morgan fingerprint density at radius 3 is 2.47 bits per heavy atom. The van der Waals surface area contributed by atoms with Gasteiger partial charge in [0.2, 0.25) is 0 Å². The highest BCUT2D eigenvalue weighted by atomic mass is 16.5. The predicted molar refractivity (Wildman–Crippen MR) is 65.0 cm³/mol. The van der Waals surface area contributed by atoms with Crippen LogP contribution < -0.4 is 5.32 Å². The van der Waals surface area contributed by atoms with E-state index in [1.807, 2.05) is 0 Å². The summed E-state index contributed by atoms with van der Waals surface area (Å²) in [4.78, 5) is 0. The maximum atomic E-state index is 5.15. The first-order chi connectivity index (χ1) is 7.15. The van der Waals surface area contributed by atoms with Crippen LogP contribution in [0.25, 0.3) is 0 Å². The van der Waals surface area contributed by atoms with E-state index in [1.54, 1.807) is 7.11 Å². The lowest BCUT2D eigenvalue weighted by molar-refractivity contribution is 0.0822. The molecule has 1 rings (SSSR count). The van der Waals surface area contributed by atoms with Crippen molar-refractivity contribution in [3.8, 4) is 0 Å². The standard InChI is InChI=1S/C13H27NO/c1-10(2)14-9-12-5-6-13(12)11(3)7-8-15-4/h10-14H,5-9H2,1-4H3. The van der Waals surface area contributed by atoms with E-state index >= 15 is 0 Å². The smallest absolute Gasteiger partial charge is 0.0464 e. The summed E-state index contributed by atoms with van der Waals surface area (Å²) in [7, 11) is 1.80. The maximum absolute atomic E-state index is 5.15. The number of rotatable bonds is 7. The van der Waals surface area contributed by atoms with Gasteiger partial charge in [0.05, 0.1) is 0 Å². The fraction of sp³-hybridized carbons (Fsp3) is 1.00. The molecule has 90 valence electrons. The minimum atomic E-state index is 0.625. The van der Waals surface area contributed by atoms with Crippen LogP contribution in [0.15, 0.2) is 0 Å².